The molecular weight excluding hydrogens is 189 g/mol. The van der Waals surface area contributed by atoms with E-state index in [0.717, 1.165) is 18.5 Å². The smallest absolute Gasteiger partial charge is 0.126 e. The molecule has 0 spiro atoms. The minimum atomic E-state index is -0.0557. The van der Waals surface area contributed by atoms with Crippen LogP contribution in [0.5, 0.6) is 0 Å². The Kier molecular flexibility index (Phi) is 3.06. The summed E-state index contributed by atoms with van der Waals surface area (Å²) in [5, 5.41) is 3.23. The predicted molar refractivity (Wildman–Crippen MR) is 60.3 cm³/mol. The normalized spacial score (nSPS) is 18.5. The lowest BCUT2D eigenvalue weighted by atomic mass is 9.65. The Morgan fingerprint density at radius 2 is 2.07 bits per heavy atom. The Morgan fingerprint density at radius 3 is 2.60 bits per heavy atom. The standard InChI is InChI=1S/C13H18FN/c1-15-10-13(7-4-8-13)9-11-5-2-3-6-12(11)14/h2-3,5-6,15H,4,7-10H2,1H3. The third-order valence-electron chi connectivity index (χ3n) is 3.49. The van der Waals surface area contributed by atoms with Crippen molar-refractivity contribution >= 4 is 0 Å². The van der Waals surface area contributed by atoms with Gasteiger partial charge in [-0.15, -0.1) is 0 Å². The van der Waals surface area contributed by atoms with Crippen LogP contribution in [0.1, 0.15) is 24.8 Å². The molecule has 0 bridgehead atoms. The Balaban J connectivity index is 2.10. The first-order valence-electron chi connectivity index (χ1n) is 5.64. The molecule has 0 aliphatic heterocycles. The van der Waals surface area contributed by atoms with Gasteiger partial charge >= 0.3 is 0 Å². The van der Waals surface area contributed by atoms with E-state index in [2.05, 4.69) is 5.32 Å². The molecule has 1 aliphatic rings. The molecule has 1 aromatic rings. The third-order valence-corrected chi connectivity index (χ3v) is 3.49. The van der Waals surface area contributed by atoms with E-state index < -0.39 is 0 Å². The summed E-state index contributed by atoms with van der Waals surface area (Å²) in [5.74, 6) is -0.0557. The first-order chi connectivity index (χ1) is 7.26. The molecule has 15 heavy (non-hydrogen) atoms. The van der Waals surface area contributed by atoms with E-state index in [-0.39, 0.29) is 5.82 Å². The van der Waals surface area contributed by atoms with Crippen LogP contribution in [0, 0.1) is 11.2 Å². The maximum atomic E-state index is 13.5. The van der Waals surface area contributed by atoms with E-state index in [0.29, 0.717) is 5.41 Å². The summed E-state index contributed by atoms with van der Waals surface area (Å²) in [6, 6.07) is 7.14. The zero-order valence-corrected chi connectivity index (χ0v) is 9.22. The molecule has 82 valence electrons. The van der Waals surface area contributed by atoms with Crippen molar-refractivity contribution in [2.24, 2.45) is 5.41 Å². The van der Waals surface area contributed by atoms with E-state index in [4.69, 9.17) is 0 Å². The summed E-state index contributed by atoms with van der Waals surface area (Å²) in [5.41, 5.74) is 1.18. The van der Waals surface area contributed by atoms with Crippen molar-refractivity contribution in [3.8, 4) is 0 Å². The summed E-state index contributed by atoms with van der Waals surface area (Å²) in [4.78, 5) is 0. The van der Waals surface area contributed by atoms with Crippen molar-refractivity contribution in [2.45, 2.75) is 25.7 Å². The largest absolute Gasteiger partial charge is 0.319 e. The zero-order valence-electron chi connectivity index (χ0n) is 9.22. The molecule has 1 N–H and O–H groups in total. The number of halogens is 1. The molecule has 0 radical (unpaired) electrons. The Bertz CT molecular complexity index is 331. The van der Waals surface area contributed by atoms with Crippen LogP contribution in [0.2, 0.25) is 0 Å². The Labute approximate surface area is 90.7 Å². The lowest BCUT2D eigenvalue weighted by Crippen LogP contribution is -2.40. The fourth-order valence-electron chi connectivity index (χ4n) is 2.51. The first-order valence-corrected chi connectivity index (χ1v) is 5.64. The van der Waals surface area contributed by atoms with Crippen LogP contribution in [0.25, 0.3) is 0 Å². The molecular formula is C13H18FN. The second-order valence-corrected chi connectivity index (χ2v) is 4.65. The van der Waals surface area contributed by atoms with Crippen LogP contribution in [-0.2, 0) is 6.42 Å². The molecule has 1 saturated carbocycles. The predicted octanol–water partition coefficient (Wildman–Crippen LogP) is 2.76. The Hall–Kier alpha value is -0.890. The molecule has 0 amide bonds. The van der Waals surface area contributed by atoms with Crippen molar-refractivity contribution in [3.05, 3.63) is 35.6 Å². The summed E-state index contributed by atoms with van der Waals surface area (Å²) < 4.78 is 13.5. The summed E-state index contributed by atoms with van der Waals surface area (Å²) in [6.45, 7) is 1.00. The fraction of sp³-hybridized carbons (Fsp3) is 0.538. The van der Waals surface area contributed by atoms with Crippen molar-refractivity contribution in [1.82, 2.24) is 5.32 Å². The van der Waals surface area contributed by atoms with Gasteiger partial charge in [-0.05, 0) is 43.4 Å². The number of hydrogen-bond donors (Lipinski definition) is 1. The van der Waals surface area contributed by atoms with Gasteiger partial charge in [0.25, 0.3) is 0 Å². The molecule has 1 fully saturated rings. The third kappa shape index (κ3) is 2.20. The van der Waals surface area contributed by atoms with E-state index in [1.165, 1.54) is 19.3 Å². The SMILES string of the molecule is CNCC1(Cc2ccccc2F)CCC1. The van der Waals surface area contributed by atoms with Crippen LogP contribution >= 0.6 is 0 Å². The molecule has 0 heterocycles. The van der Waals surface area contributed by atoms with Crippen LogP contribution in [-0.4, -0.2) is 13.6 Å². The van der Waals surface area contributed by atoms with Crippen LogP contribution < -0.4 is 5.32 Å². The molecule has 0 aromatic heterocycles. The van der Waals surface area contributed by atoms with Gasteiger partial charge in [0, 0.05) is 6.54 Å². The number of nitrogens with one attached hydrogen (secondary N) is 1. The van der Waals surface area contributed by atoms with Gasteiger partial charge in [0.15, 0.2) is 0 Å². The highest BCUT2D eigenvalue weighted by molar-refractivity contribution is 5.20. The lowest BCUT2D eigenvalue weighted by molar-refractivity contribution is 0.132. The number of benzene rings is 1. The van der Waals surface area contributed by atoms with E-state index in [9.17, 15) is 4.39 Å². The molecule has 1 aliphatic carbocycles. The lowest BCUT2D eigenvalue weighted by Gasteiger charge is -2.42. The van der Waals surface area contributed by atoms with Gasteiger partial charge in [0.2, 0.25) is 0 Å². The Morgan fingerprint density at radius 1 is 1.33 bits per heavy atom. The first kappa shape index (κ1) is 10.6. The molecule has 2 heteroatoms. The van der Waals surface area contributed by atoms with E-state index >= 15 is 0 Å². The monoisotopic (exact) mass is 207 g/mol. The van der Waals surface area contributed by atoms with Gasteiger partial charge < -0.3 is 5.32 Å². The maximum Gasteiger partial charge on any atom is 0.126 e. The van der Waals surface area contributed by atoms with Crippen molar-refractivity contribution in [3.63, 3.8) is 0 Å². The molecule has 2 rings (SSSR count). The summed E-state index contributed by atoms with van der Waals surface area (Å²) in [7, 11) is 1.97. The molecule has 1 nitrogen and oxygen atoms in total. The van der Waals surface area contributed by atoms with Gasteiger partial charge in [0.05, 0.1) is 0 Å². The van der Waals surface area contributed by atoms with Crippen LogP contribution in [0.3, 0.4) is 0 Å². The highest BCUT2D eigenvalue weighted by atomic mass is 19.1. The number of hydrogen-bond acceptors (Lipinski definition) is 1. The van der Waals surface area contributed by atoms with Crippen molar-refractivity contribution < 1.29 is 4.39 Å². The summed E-state index contributed by atoms with van der Waals surface area (Å²) in [6.07, 6.45) is 4.61. The maximum absolute atomic E-state index is 13.5. The van der Waals surface area contributed by atoms with Gasteiger partial charge in [-0.3, -0.25) is 0 Å². The molecule has 1 aromatic carbocycles. The number of rotatable bonds is 4. The average Bonchev–Trinajstić information content (AvgIpc) is 2.18. The average molecular weight is 207 g/mol. The van der Waals surface area contributed by atoms with E-state index in [1.807, 2.05) is 19.2 Å². The molecule has 0 atom stereocenters. The van der Waals surface area contributed by atoms with Crippen LogP contribution in [0.15, 0.2) is 24.3 Å². The van der Waals surface area contributed by atoms with Crippen molar-refractivity contribution in [1.29, 1.82) is 0 Å². The van der Waals surface area contributed by atoms with Gasteiger partial charge in [-0.25, -0.2) is 4.39 Å². The van der Waals surface area contributed by atoms with Crippen LogP contribution in [0.4, 0.5) is 4.39 Å². The van der Waals surface area contributed by atoms with Crippen molar-refractivity contribution in [2.75, 3.05) is 13.6 Å². The minimum absolute atomic E-state index is 0.0557. The second kappa shape index (κ2) is 4.31. The fourth-order valence-corrected chi connectivity index (χ4v) is 2.51. The second-order valence-electron chi connectivity index (χ2n) is 4.65. The quantitative estimate of drug-likeness (QED) is 0.800. The zero-order chi connectivity index (χ0) is 10.7. The van der Waals surface area contributed by atoms with Gasteiger partial charge in [-0.2, -0.15) is 0 Å². The minimum Gasteiger partial charge on any atom is -0.319 e. The highest BCUT2D eigenvalue weighted by Crippen LogP contribution is 2.43. The van der Waals surface area contributed by atoms with Gasteiger partial charge in [0.1, 0.15) is 5.82 Å². The topological polar surface area (TPSA) is 12.0 Å². The highest BCUT2D eigenvalue weighted by Gasteiger charge is 2.36. The van der Waals surface area contributed by atoms with E-state index in [1.54, 1.807) is 12.1 Å². The summed E-state index contributed by atoms with van der Waals surface area (Å²) >= 11 is 0. The van der Waals surface area contributed by atoms with Gasteiger partial charge in [-0.1, -0.05) is 24.6 Å². The molecule has 0 unspecified atom stereocenters. The molecule has 0 saturated heterocycles.